The van der Waals surface area contributed by atoms with Crippen LogP contribution in [0.1, 0.15) is 5.82 Å². The lowest BCUT2D eigenvalue weighted by Crippen LogP contribution is -2.10. The third-order valence-corrected chi connectivity index (χ3v) is 2.20. The van der Waals surface area contributed by atoms with Crippen LogP contribution < -0.4 is 5.32 Å². The quantitative estimate of drug-likeness (QED) is 0.793. The fourth-order valence-corrected chi connectivity index (χ4v) is 1.44. The van der Waals surface area contributed by atoms with E-state index in [1.54, 1.807) is 0 Å². The van der Waals surface area contributed by atoms with Gasteiger partial charge in [-0.1, -0.05) is 0 Å². The zero-order chi connectivity index (χ0) is 12.3. The number of hydrogen-bond acceptors (Lipinski definition) is 2. The Morgan fingerprint density at radius 3 is 2.94 bits per heavy atom. The van der Waals surface area contributed by atoms with Crippen molar-refractivity contribution in [1.82, 2.24) is 15.3 Å². The maximum absolute atomic E-state index is 13.4. The van der Waals surface area contributed by atoms with Gasteiger partial charge in [0.25, 0.3) is 0 Å². The third kappa shape index (κ3) is 2.47. The van der Waals surface area contributed by atoms with E-state index in [1.807, 2.05) is 0 Å². The molecule has 0 saturated heterocycles. The lowest BCUT2D eigenvalue weighted by molar-refractivity contribution is -0.109. The molecular weight excluding hydrogens is 228 g/mol. The van der Waals surface area contributed by atoms with Gasteiger partial charge < -0.3 is 10.3 Å². The van der Waals surface area contributed by atoms with Gasteiger partial charge in [0, 0.05) is 11.6 Å². The first kappa shape index (κ1) is 11.3. The van der Waals surface area contributed by atoms with Crippen LogP contribution >= 0.6 is 0 Å². The van der Waals surface area contributed by atoms with Crippen molar-refractivity contribution in [3.63, 3.8) is 0 Å². The van der Waals surface area contributed by atoms with Gasteiger partial charge in [-0.3, -0.25) is 4.79 Å². The maximum atomic E-state index is 13.4. The number of hydrogen-bond donors (Lipinski definition) is 2. The minimum absolute atomic E-state index is 0.228. The van der Waals surface area contributed by atoms with Crippen LogP contribution in [0.2, 0.25) is 0 Å². The van der Waals surface area contributed by atoms with Crippen molar-refractivity contribution in [3.05, 3.63) is 41.9 Å². The lowest BCUT2D eigenvalue weighted by Gasteiger charge is -1.99. The monoisotopic (exact) mass is 237 g/mol. The summed E-state index contributed by atoms with van der Waals surface area (Å²) in [6, 6.07) is 3.30. The van der Waals surface area contributed by atoms with Gasteiger partial charge in [0.05, 0.1) is 18.4 Å². The van der Waals surface area contributed by atoms with Gasteiger partial charge in [0.1, 0.15) is 17.5 Å². The molecule has 2 N–H and O–H groups in total. The molecule has 1 aromatic heterocycles. The Balaban J connectivity index is 2.27. The van der Waals surface area contributed by atoms with Gasteiger partial charge in [-0.15, -0.1) is 0 Å². The minimum Gasteiger partial charge on any atom is -0.351 e. The van der Waals surface area contributed by atoms with Crippen molar-refractivity contribution >= 4 is 6.41 Å². The molecular formula is C11H9F2N3O. The molecule has 0 aliphatic rings. The highest BCUT2D eigenvalue weighted by Crippen LogP contribution is 2.21. The average Bonchev–Trinajstić information content (AvgIpc) is 2.75. The Kier molecular flexibility index (Phi) is 3.13. The second kappa shape index (κ2) is 4.73. The number of nitrogens with one attached hydrogen (secondary N) is 2. The number of aromatic nitrogens is 2. The molecule has 0 unspecified atom stereocenters. The summed E-state index contributed by atoms with van der Waals surface area (Å²) >= 11 is 0. The van der Waals surface area contributed by atoms with Crippen LogP contribution in [0.25, 0.3) is 11.3 Å². The lowest BCUT2D eigenvalue weighted by atomic mass is 10.1. The topological polar surface area (TPSA) is 57.8 Å². The molecule has 0 fully saturated rings. The summed E-state index contributed by atoms with van der Waals surface area (Å²) in [5, 5.41) is 2.43. The SMILES string of the molecule is O=CNCc1ncc(-c2ccc(F)cc2F)[nH]1. The summed E-state index contributed by atoms with van der Waals surface area (Å²) in [4.78, 5) is 16.9. The van der Waals surface area contributed by atoms with Crippen molar-refractivity contribution in [2.45, 2.75) is 6.54 Å². The van der Waals surface area contributed by atoms with Crippen molar-refractivity contribution in [2.75, 3.05) is 0 Å². The summed E-state index contributed by atoms with van der Waals surface area (Å²) in [6.45, 7) is 0.228. The molecule has 4 nitrogen and oxygen atoms in total. The zero-order valence-electron chi connectivity index (χ0n) is 8.71. The summed E-state index contributed by atoms with van der Waals surface area (Å²) in [7, 11) is 0. The van der Waals surface area contributed by atoms with Crippen LogP contribution in [-0.4, -0.2) is 16.4 Å². The second-order valence-corrected chi connectivity index (χ2v) is 3.37. The molecule has 0 radical (unpaired) electrons. The normalized spacial score (nSPS) is 10.2. The van der Waals surface area contributed by atoms with E-state index in [-0.39, 0.29) is 12.1 Å². The molecule has 0 atom stereocenters. The Hall–Kier alpha value is -2.24. The van der Waals surface area contributed by atoms with Gasteiger partial charge in [0.2, 0.25) is 6.41 Å². The van der Waals surface area contributed by atoms with E-state index in [9.17, 15) is 13.6 Å². The Morgan fingerprint density at radius 2 is 2.24 bits per heavy atom. The number of rotatable bonds is 4. The van der Waals surface area contributed by atoms with Gasteiger partial charge in [-0.25, -0.2) is 13.8 Å². The number of halogens is 2. The van der Waals surface area contributed by atoms with Gasteiger partial charge >= 0.3 is 0 Å². The van der Waals surface area contributed by atoms with E-state index in [1.165, 1.54) is 18.3 Å². The van der Waals surface area contributed by atoms with Crippen LogP contribution in [0.15, 0.2) is 24.4 Å². The van der Waals surface area contributed by atoms with E-state index in [0.717, 1.165) is 6.07 Å². The molecule has 88 valence electrons. The predicted octanol–water partition coefficient (Wildman–Crippen LogP) is 1.60. The summed E-state index contributed by atoms with van der Waals surface area (Å²) in [5.41, 5.74) is 0.668. The number of amides is 1. The molecule has 0 bridgehead atoms. The fourth-order valence-electron chi connectivity index (χ4n) is 1.44. The number of carbonyl (C=O) groups excluding carboxylic acids is 1. The highest BCUT2D eigenvalue weighted by Gasteiger charge is 2.09. The van der Waals surface area contributed by atoms with Crippen molar-refractivity contribution in [3.8, 4) is 11.3 Å². The van der Waals surface area contributed by atoms with E-state index < -0.39 is 11.6 Å². The number of benzene rings is 1. The van der Waals surface area contributed by atoms with Crippen LogP contribution in [-0.2, 0) is 11.3 Å². The molecule has 0 aliphatic carbocycles. The predicted molar refractivity (Wildman–Crippen MR) is 56.8 cm³/mol. The maximum Gasteiger partial charge on any atom is 0.207 e. The molecule has 1 heterocycles. The van der Waals surface area contributed by atoms with Crippen LogP contribution in [0.5, 0.6) is 0 Å². The molecule has 2 rings (SSSR count). The second-order valence-electron chi connectivity index (χ2n) is 3.37. The van der Waals surface area contributed by atoms with E-state index in [2.05, 4.69) is 15.3 Å². The van der Waals surface area contributed by atoms with Crippen molar-refractivity contribution < 1.29 is 13.6 Å². The molecule has 2 aromatic rings. The summed E-state index contributed by atoms with van der Waals surface area (Å²) < 4.78 is 26.2. The standard InChI is InChI=1S/C11H9F2N3O/c12-7-1-2-8(9(13)3-7)10-4-15-11(16-10)5-14-6-17/h1-4,6H,5H2,(H,14,17)(H,15,16). The van der Waals surface area contributed by atoms with Gasteiger partial charge in [-0.05, 0) is 12.1 Å². The van der Waals surface area contributed by atoms with E-state index >= 15 is 0 Å². The Bertz CT molecular complexity index is 539. The number of nitrogens with zero attached hydrogens (tertiary/aromatic N) is 1. The minimum atomic E-state index is -0.663. The fraction of sp³-hybridized carbons (Fsp3) is 0.0909. The number of carbonyl (C=O) groups is 1. The highest BCUT2D eigenvalue weighted by molar-refractivity contribution is 5.59. The zero-order valence-corrected chi connectivity index (χ0v) is 8.71. The summed E-state index contributed by atoms with van der Waals surface area (Å²) in [6.07, 6.45) is 1.97. The van der Waals surface area contributed by atoms with Crippen molar-refractivity contribution in [1.29, 1.82) is 0 Å². The van der Waals surface area contributed by atoms with Crippen LogP contribution in [0.4, 0.5) is 8.78 Å². The molecule has 17 heavy (non-hydrogen) atoms. The number of imidazole rings is 1. The molecule has 0 saturated carbocycles. The van der Waals surface area contributed by atoms with E-state index in [0.29, 0.717) is 17.9 Å². The molecule has 0 aliphatic heterocycles. The smallest absolute Gasteiger partial charge is 0.207 e. The third-order valence-electron chi connectivity index (χ3n) is 2.20. The number of H-pyrrole nitrogens is 1. The Labute approximate surface area is 95.7 Å². The first-order valence-corrected chi connectivity index (χ1v) is 4.87. The molecule has 0 spiro atoms. The average molecular weight is 237 g/mol. The van der Waals surface area contributed by atoms with Crippen LogP contribution in [0, 0.1) is 11.6 Å². The molecule has 6 heteroatoms. The largest absolute Gasteiger partial charge is 0.351 e. The molecule has 1 aromatic carbocycles. The molecule has 1 amide bonds. The van der Waals surface area contributed by atoms with E-state index in [4.69, 9.17) is 0 Å². The van der Waals surface area contributed by atoms with Crippen LogP contribution in [0.3, 0.4) is 0 Å². The van der Waals surface area contributed by atoms with Gasteiger partial charge in [-0.2, -0.15) is 0 Å². The first-order valence-electron chi connectivity index (χ1n) is 4.87. The highest BCUT2D eigenvalue weighted by atomic mass is 19.1. The van der Waals surface area contributed by atoms with Gasteiger partial charge in [0.15, 0.2) is 0 Å². The first-order chi connectivity index (χ1) is 8.20. The Morgan fingerprint density at radius 1 is 1.41 bits per heavy atom. The summed E-state index contributed by atoms with van der Waals surface area (Å²) in [5.74, 6) is -0.798. The van der Waals surface area contributed by atoms with Crippen molar-refractivity contribution in [2.24, 2.45) is 0 Å². The number of aromatic amines is 1.